The van der Waals surface area contributed by atoms with Crippen LogP contribution in [0, 0.1) is 5.41 Å². The smallest absolute Gasteiger partial charge is 0.340 e. The molecule has 0 unspecified atom stereocenters. The summed E-state index contributed by atoms with van der Waals surface area (Å²) in [5, 5.41) is 0. The Bertz CT molecular complexity index is 662. The van der Waals surface area contributed by atoms with Gasteiger partial charge in [0, 0.05) is 13.1 Å². The Kier molecular flexibility index (Phi) is 4.51. The molecule has 3 nitrogen and oxygen atoms in total. The number of nitrogens with zero attached hydrogens (tertiary/aromatic N) is 1. The third-order valence-electron chi connectivity index (χ3n) is 6.87. The van der Waals surface area contributed by atoms with Crippen LogP contribution in [0.4, 0.5) is 5.69 Å². The molecule has 136 valence electrons. The summed E-state index contributed by atoms with van der Waals surface area (Å²) in [6.45, 7) is 6.93. The van der Waals surface area contributed by atoms with Crippen LogP contribution in [0.25, 0.3) is 0 Å². The van der Waals surface area contributed by atoms with Crippen molar-refractivity contribution in [2.45, 2.75) is 71.1 Å². The third-order valence-corrected chi connectivity index (χ3v) is 6.87. The lowest BCUT2D eigenvalue weighted by atomic mass is 9.58. The van der Waals surface area contributed by atoms with Crippen molar-refractivity contribution in [1.82, 2.24) is 0 Å². The van der Waals surface area contributed by atoms with Gasteiger partial charge in [-0.15, -0.1) is 0 Å². The summed E-state index contributed by atoms with van der Waals surface area (Å²) in [6, 6.07) is 4.55. The zero-order valence-electron chi connectivity index (χ0n) is 15.8. The van der Waals surface area contributed by atoms with E-state index >= 15 is 0 Å². The number of hydrogen-bond donors (Lipinski definition) is 0. The standard InChI is InChI=1S/C22H31NO2/c1-3-25-21(24)18-15-17-16(14-20(18)23-12-6-7-13-23)9-11-22(2)10-5-4-8-19(17)22/h14-15,19H,3-13H2,1-2H3/t19-,22+/m0/s1. The lowest BCUT2D eigenvalue weighted by Gasteiger charge is -2.46. The van der Waals surface area contributed by atoms with Crippen molar-refractivity contribution >= 4 is 11.7 Å². The fraction of sp³-hybridized carbons (Fsp3) is 0.682. The van der Waals surface area contributed by atoms with Gasteiger partial charge in [0.2, 0.25) is 0 Å². The van der Waals surface area contributed by atoms with E-state index in [2.05, 4.69) is 24.0 Å². The topological polar surface area (TPSA) is 29.5 Å². The Morgan fingerprint density at radius 1 is 1.20 bits per heavy atom. The maximum Gasteiger partial charge on any atom is 0.340 e. The quantitative estimate of drug-likeness (QED) is 0.719. The van der Waals surface area contributed by atoms with Gasteiger partial charge in [0.25, 0.3) is 0 Å². The van der Waals surface area contributed by atoms with E-state index in [1.165, 1.54) is 56.1 Å². The first-order valence-electron chi connectivity index (χ1n) is 10.2. The van der Waals surface area contributed by atoms with Gasteiger partial charge in [-0.2, -0.15) is 0 Å². The van der Waals surface area contributed by atoms with E-state index in [0.29, 0.717) is 17.9 Å². The maximum absolute atomic E-state index is 12.7. The molecule has 3 aliphatic rings. The van der Waals surface area contributed by atoms with Gasteiger partial charge in [-0.3, -0.25) is 0 Å². The number of carbonyl (C=O) groups excluding carboxylic acids is 1. The number of carbonyl (C=O) groups is 1. The van der Waals surface area contributed by atoms with Crippen LogP contribution in [0.1, 0.15) is 86.2 Å². The molecule has 0 spiro atoms. The first kappa shape index (κ1) is 16.9. The molecule has 1 aliphatic heterocycles. The van der Waals surface area contributed by atoms with Crippen LogP contribution < -0.4 is 4.90 Å². The summed E-state index contributed by atoms with van der Waals surface area (Å²) < 4.78 is 5.41. The zero-order valence-corrected chi connectivity index (χ0v) is 15.8. The van der Waals surface area contributed by atoms with Gasteiger partial charge in [-0.05, 0) is 80.0 Å². The molecule has 0 radical (unpaired) electrons. The van der Waals surface area contributed by atoms with Gasteiger partial charge in [0.1, 0.15) is 0 Å². The molecule has 0 aromatic heterocycles. The molecule has 0 amide bonds. The van der Waals surface area contributed by atoms with E-state index in [0.717, 1.165) is 30.8 Å². The number of aryl methyl sites for hydroxylation is 1. The summed E-state index contributed by atoms with van der Waals surface area (Å²) in [5.41, 5.74) is 5.28. The molecule has 1 aromatic carbocycles. The average molecular weight is 341 g/mol. The molecule has 25 heavy (non-hydrogen) atoms. The van der Waals surface area contributed by atoms with Crippen molar-refractivity contribution < 1.29 is 9.53 Å². The van der Waals surface area contributed by atoms with Crippen molar-refractivity contribution in [1.29, 1.82) is 0 Å². The van der Waals surface area contributed by atoms with Crippen LogP contribution in [0.5, 0.6) is 0 Å². The molecule has 0 bridgehead atoms. The molecule has 2 fully saturated rings. The maximum atomic E-state index is 12.7. The molecule has 1 heterocycles. The highest BCUT2D eigenvalue weighted by molar-refractivity contribution is 5.96. The predicted octanol–water partition coefficient (Wildman–Crippen LogP) is 5.07. The summed E-state index contributed by atoms with van der Waals surface area (Å²) in [7, 11) is 0. The monoisotopic (exact) mass is 341 g/mol. The lowest BCUT2D eigenvalue weighted by Crippen LogP contribution is -2.34. The zero-order chi connectivity index (χ0) is 17.4. The van der Waals surface area contributed by atoms with E-state index in [1.54, 1.807) is 0 Å². The van der Waals surface area contributed by atoms with E-state index in [1.807, 2.05) is 6.92 Å². The third kappa shape index (κ3) is 2.96. The molecular formula is C22H31NO2. The van der Waals surface area contributed by atoms with Gasteiger partial charge in [0.15, 0.2) is 0 Å². The van der Waals surface area contributed by atoms with Crippen molar-refractivity contribution in [2.75, 3.05) is 24.6 Å². The molecule has 2 atom stereocenters. The highest BCUT2D eigenvalue weighted by atomic mass is 16.5. The van der Waals surface area contributed by atoms with Crippen LogP contribution in [-0.2, 0) is 11.2 Å². The first-order chi connectivity index (χ1) is 12.1. The van der Waals surface area contributed by atoms with Crippen molar-refractivity contribution in [3.05, 3.63) is 28.8 Å². The number of hydrogen-bond acceptors (Lipinski definition) is 3. The lowest BCUT2D eigenvalue weighted by molar-refractivity contribution is 0.0526. The fourth-order valence-electron chi connectivity index (χ4n) is 5.43. The Labute approximate surface area is 151 Å². The van der Waals surface area contributed by atoms with Crippen molar-refractivity contribution in [2.24, 2.45) is 5.41 Å². The van der Waals surface area contributed by atoms with Crippen LogP contribution >= 0.6 is 0 Å². The Balaban J connectivity index is 1.79. The molecule has 1 saturated heterocycles. The summed E-state index contributed by atoms with van der Waals surface area (Å²) in [6.07, 6.45) is 10.2. The Morgan fingerprint density at radius 3 is 2.76 bits per heavy atom. The van der Waals surface area contributed by atoms with Crippen molar-refractivity contribution in [3.63, 3.8) is 0 Å². The second-order valence-corrected chi connectivity index (χ2v) is 8.44. The van der Waals surface area contributed by atoms with Crippen molar-refractivity contribution in [3.8, 4) is 0 Å². The SMILES string of the molecule is CCOC(=O)c1cc2c(cc1N1CCCC1)CC[C@@]1(C)CCCC[C@@H]21. The van der Waals surface area contributed by atoms with Gasteiger partial charge in [-0.1, -0.05) is 19.8 Å². The minimum atomic E-state index is -0.143. The van der Waals surface area contributed by atoms with Gasteiger partial charge in [-0.25, -0.2) is 4.79 Å². The molecule has 3 heteroatoms. The van der Waals surface area contributed by atoms with Crippen LogP contribution in [0.2, 0.25) is 0 Å². The Morgan fingerprint density at radius 2 is 2.00 bits per heavy atom. The van der Waals surface area contributed by atoms with E-state index in [-0.39, 0.29) is 5.97 Å². The predicted molar refractivity (Wildman–Crippen MR) is 101 cm³/mol. The van der Waals surface area contributed by atoms with Crippen LogP contribution in [0.3, 0.4) is 0 Å². The Hall–Kier alpha value is -1.51. The summed E-state index contributed by atoms with van der Waals surface area (Å²) in [5.74, 6) is 0.473. The summed E-state index contributed by atoms with van der Waals surface area (Å²) >= 11 is 0. The highest BCUT2D eigenvalue weighted by Crippen LogP contribution is 2.54. The number of ether oxygens (including phenoxy) is 1. The van der Waals surface area contributed by atoms with Crippen LogP contribution in [0.15, 0.2) is 12.1 Å². The normalized spacial score (nSPS) is 28.4. The first-order valence-corrected chi connectivity index (χ1v) is 10.2. The molecule has 2 aliphatic carbocycles. The largest absolute Gasteiger partial charge is 0.462 e. The number of anilines is 1. The number of benzene rings is 1. The minimum Gasteiger partial charge on any atom is -0.462 e. The molecule has 4 rings (SSSR count). The van der Waals surface area contributed by atoms with Gasteiger partial charge in [0.05, 0.1) is 17.9 Å². The minimum absolute atomic E-state index is 0.143. The summed E-state index contributed by atoms with van der Waals surface area (Å²) in [4.78, 5) is 15.1. The second kappa shape index (κ2) is 6.66. The van der Waals surface area contributed by atoms with Crippen LogP contribution in [-0.4, -0.2) is 25.7 Å². The van der Waals surface area contributed by atoms with E-state index in [9.17, 15) is 4.79 Å². The molecule has 1 saturated carbocycles. The highest BCUT2D eigenvalue weighted by Gasteiger charge is 2.41. The number of fused-ring (bicyclic) bond motifs is 3. The van der Waals surface area contributed by atoms with E-state index < -0.39 is 0 Å². The van der Waals surface area contributed by atoms with Gasteiger partial charge >= 0.3 is 5.97 Å². The van der Waals surface area contributed by atoms with E-state index in [4.69, 9.17) is 4.74 Å². The molecular weight excluding hydrogens is 310 g/mol. The molecule has 1 aromatic rings. The number of rotatable bonds is 3. The molecule has 0 N–H and O–H groups in total. The fourth-order valence-corrected chi connectivity index (χ4v) is 5.43. The number of esters is 1. The average Bonchev–Trinajstić information content (AvgIpc) is 3.15. The second-order valence-electron chi connectivity index (χ2n) is 8.44. The van der Waals surface area contributed by atoms with Gasteiger partial charge < -0.3 is 9.64 Å².